The number of benzene rings is 1. The smallest absolute Gasteiger partial charge is 0.229 e. The highest BCUT2D eigenvalue weighted by Gasteiger charge is 2.29. The van der Waals surface area contributed by atoms with Crippen LogP contribution >= 0.6 is 0 Å². The number of carbonyl (C=O) groups excluding carboxylic acids is 1. The SMILES string of the molecule is Cc1ccc(NC(=O)[C@@H]2CNC[C@H]2C)cc1F. The van der Waals surface area contributed by atoms with Gasteiger partial charge in [0.15, 0.2) is 0 Å². The number of rotatable bonds is 2. The quantitative estimate of drug-likeness (QED) is 0.823. The molecule has 92 valence electrons. The Labute approximate surface area is 100 Å². The summed E-state index contributed by atoms with van der Waals surface area (Å²) >= 11 is 0. The van der Waals surface area contributed by atoms with Crippen LogP contribution in [0.1, 0.15) is 12.5 Å². The predicted molar refractivity (Wildman–Crippen MR) is 65.3 cm³/mol. The number of carbonyl (C=O) groups is 1. The lowest BCUT2D eigenvalue weighted by Gasteiger charge is -2.14. The zero-order valence-corrected chi connectivity index (χ0v) is 10.1. The second kappa shape index (κ2) is 4.84. The number of hydrogen-bond acceptors (Lipinski definition) is 2. The zero-order chi connectivity index (χ0) is 12.4. The second-order valence-corrected chi connectivity index (χ2v) is 4.70. The molecule has 0 unspecified atom stereocenters. The van der Waals surface area contributed by atoms with E-state index >= 15 is 0 Å². The van der Waals surface area contributed by atoms with Gasteiger partial charge in [0.2, 0.25) is 5.91 Å². The Kier molecular flexibility index (Phi) is 3.43. The number of nitrogens with one attached hydrogen (secondary N) is 2. The van der Waals surface area contributed by atoms with Crippen LogP contribution in [0, 0.1) is 24.6 Å². The fourth-order valence-corrected chi connectivity index (χ4v) is 2.07. The van der Waals surface area contributed by atoms with Gasteiger partial charge < -0.3 is 10.6 Å². The highest BCUT2D eigenvalue weighted by Crippen LogP contribution is 2.19. The average Bonchev–Trinajstić information content (AvgIpc) is 2.70. The molecule has 1 amide bonds. The van der Waals surface area contributed by atoms with Crippen molar-refractivity contribution < 1.29 is 9.18 Å². The fourth-order valence-electron chi connectivity index (χ4n) is 2.07. The first-order valence-corrected chi connectivity index (χ1v) is 5.85. The molecular formula is C13H17FN2O. The van der Waals surface area contributed by atoms with E-state index in [9.17, 15) is 9.18 Å². The van der Waals surface area contributed by atoms with Crippen LogP contribution in [0.3, 0.4) is 0 Å². The van der Waals surface area contributed by atoms with Crippen molar-refractivity contribution in [1.82, 2.24) is 5.32 Å². The normalized spacial score (nSPS) is 23.7. The first kappa shape index (κ1) is 12.0. The molecule has 0 saturated carbocycles. The Morgan fingerprint density at radius 1 is 1.47 bits per heavy atom. The molecule has 1 heterocycles. The summed E-state index contributed by atoms with van der Waals surface area (Å²) in [5.74, 6) is -0.0317. The highest BCUT2D eigenvalue weighted by molar-refractivity contribution is 5.93. The minimum atomic E-state index is -0.291. The molecule has 1 aliphatic heterocycles. The number of hydrogen-bond donors (Lipinski definition) is 2. The standard InChI is InChI=1S/C13H17FN2O/c1-8-3-4-10(5-12(8)14)16-13(17)11-7-15-6-9(11)2/h3-5,9,11,15H,6-7H2,1-2H3,(H,16,17)/t9-,11-/m1/s1. The van der Waals surface area contributed by atoms with Gasteiger partial charge in [-0.3, -0.25) is 4.79 Å². The maximum atomic E-state index is 13.3. The van der Waals surface area contributed by atoms with E-state index in [0.29, 0.717) is 23.7 Å². The average molecular weight is 236 g/mol. The third kappa shape index (κ3) is 2.64. The third-order valence-electron chi connectivity index (χ3n) is 3.29. The van der Waals surface area contributed by atoms with E-state index in [0.717, 1.165) is 6.54 Å². The maximum absolute atomic E-state index is 13.3. The molecule has 0 aliphatic carbocycles. The van der Waals surface area contributed by atoms with Gasteiger partial charge in [-0.1, -0.05) is 13.0 Å². The van der Waals surface area contributed by atoms with Crippen molar-refractivity contribution in [3.05, 3.63) is 29.6 Å². The van der Waals surface area contributed by atoms with Crippen LogP contribution in [0.4, 0.5) is 10.1 Å². The first-order valence-electron chi connectivity index (χ1n) is 5.85. The third-order valence-corrected chi connectivity index (χ3v) is 3.29. The molecule has 2 rings (SSSR count). The van der Waals surface area contributed by atoms with E-state index in [4.69, 9.17) is 0 Å². The molecule has 3 nitrogen and oxygen atoms in total. The maximum Gasteiger partial charge on any atom is 0.229 e. The van der Waals surface area contributed by atoms with Crippen molar-refractivity contribution in [3.63, 3.8) is 0 Å². The summed E-state index contributed by atoms with van der Waals surface area (Å²) in [5, 5.41) is 5.94. The van der Waals surface area contributed by atoms with E-state index < -0.39 is 0 Å². The monoisotopic (exact) mass is 236 g/mol. The zero-order valence-electron chi connectivity index (χ0n) is 10.1. The molecule has 0 bridgehead atoms. The van der Waals surface area contributed by atoms with Gasteiger partial charge in [-0.25, -0.2) is 4.39 Å². The van der Waals surface area contributed by atoms with Crippen LogP contribution in [0.25, 0.3) is 0 Å². The number of anilines is 1. The van der Waals surface area contributed by atoms with Gasteiger partial charge in [-0.2, -0.15) is 0 Å². The van der Waals surface area contributed by atoms with E-state index in [2.05, 4.69) is 10.6 Å². The molecule has 0 spiro atoms. The predicted octanol–water partition coefficient (Wildman–Crippen LogP) is 1.93. The van der Waals surface area contributed by atoms with Crippen molar-refractivity contribution >= 4 is 11.6 Å². The van der Waals surface area contributed by atoms with E-state index in [1.807, 2.05) is 6.92 Å². The summed E-state index contributed by atoms with van der Waals surface area (Å²) in [4.78, 5) is 11.9. The van der Waals surface area contributed by atoms with E-state index in [1.54, 1.807) is 19.1 Å². The van der Waals surface area contributed by atoms with Crippen LogP contribution in [0.5, 0.6) is 0 Å². The van der Waals surface area contributed by atoms with Crippen molar-refractivity contribution in [1.29, 1.82) is 0 Å². The topological polar surface area (TPSA) is 41.1 Å². The van der Waals surface area contributed by atoms with Crippen molar-refractivity contribution in [2.45, 2.75) is 13.8 Å². The van der Waals surface area contributed by atoms with Gasteiger partial charge in [0.1, 0.15) is 5.82 Å². The summed E-state index contributed by atoms with van der Waals surface area (Å²) in [5.41, 5.74) is 1.11. The largest absolute Gasteiger partial charge is 0.326 e. The fraction of sp³-hybridized carbons (Fsp3) is 0.462. The molecule has 17 heavy (non-hydrogen) atoms. The first-order chi connectivity index (χ1) is 8.08. The van der Waals surface area contributed by atoms with Gasteiger partial charge in [-0.15, -0.1) is 0 Å². The molecule has 1 aromatic carbocycles. The Balaban J connectivity index is 2.05. The summed E-state index contributed by atoms with van der Waals surface area (Å²) in [7, 11) is 0. The minimum Gasteiger partial charge on any atom is -0.326 e. The van der Waals surface area contributed by atoms with Crippen LogP contribution < -0.4 is 10.6 Å². The summed E-state index contributed by atoms with van der Waals surface area (Å²) in [6.45, 7) is 5.30. The Bertz CT molecular complexity index is 433. The number of aryl methyl sites for hydroxylation is 1. The molecule has 1 fully saturated rings. The van der Waals surface area contributed by atoms with Crippen LogP contribution in [0.2, 0.25) is 0 Å². The molecule has 1 aromatic rings. The lowest BCUT2D eigenvalue weighted by Crippen LogP contribution is -2.27. The van der Waals surface area contributed by atoms with Crippen LogP contribution in [-0.4, -0.2) is 19.0 Å². The summed E-state index contributed by atoms with van der Waals surface area (Å²) in [6, 6.07) is 4.75. The number of halogens is 1. The Morgan fingerprint density at radius 2 is 2.24 bits per heavy atom. The molecule has 2 N–H and O–H groups in total. The molecule has 2 atom stereocenters. The molecule has 1 saturated heterocycles. The molecular weight excluding hydrogens is 219 g/mol. The second-order valence-electron chi connectivity index (χ2n) is 4.70. The number of amides is 1. The minimum absolute atomic E-state index is 0.0284. The lowest BCUT2D eigenvalue weighted by molar-refractivity contribution is -0.120. The molecule has 0 radical (unpaired) electrons. The van der Waals surface area contributed by atoms with E-state index in [1.165, 1.54) is 6.07 Å². The van der Waals surface area contributed by atoms with Gasteiger partial charge in [0.05, 0.1) is 5.92 Å². The summed E-state index contributed by atoms with van der Waals surface area (Å²) < 4.78 is 13.3. The molecule has 0 aromatic heterocycles. The van der Waals surface area contributed by atoms with E-state index in [-0.39, 0.29) is 17.6 Å². The Hall–Kier alpha value is -1.42. The summed E-state index contributed by atoms with van der Waals surface area (Å²) in [6.07, 6.45) is 0. The van der Waals surface area contributed by atoms with Gasteiger partial charge >= 0.3 is 0 Å². The van der Waals surface area contributed by atoms with Gasteiger partial charge in [0, 0.05) is 12.2 Å². The van der Waals surface area contributed by atoms with Gasteiger partial charge in [0.25, 0.3) is 0 Å². The van der Waals surface area contributed by atoms with Crippen molar-refractivity contribution in [2.75, 3.05) is 18.4 Å². The Morgan fingerprint density at radius 3 is 2.82 bits per heavy atom. The van der Waals surface area contributed by atoms with Crippen molar-refractivity contribution in [2.24, 2.45) is 11.8 Å². The lowest BCUT2D eigenvalue weighted by atomic mass is 9.97. The van der Waals surface area contributed by atoms with Gasteiger partial charge in [-0.05, 0) is 37.1 Å². The highest BCUT2D eigenvalue weighted by atomic mass is 19.1. The van der Waals surface area contributed by atoms with Crippen molar-refractivity contribution in [3.8, 4) is 0 Å². The van der Waals surface area contributed by atoms with Crippen LogP contribution in [-0.2, 0) is 4.79 Å². The van der Waals surface area contributed by atoms with Crippen LogP contribution in [0.15, 0.2) is 18.2 Å². The molecule has 1 aliphatic rings. The molecule has 4 heteroatoms.